The Hall–Kier alpha value is -4.14. The number of hydrogen-bond acceptors (Lipinski definition) is 8. The normalized spacial score (nSPS) is 25.6. The molecule has 1 unspecified atom stereocenters. The van der Waals surface area contributed by atoms with E-state index in [0.717, 1.165) is 17.1 Å². The molecule has 4 amide bonds. The SMILES string of the molecule is COC(=O)NC[C@H]1CN(C2=CC(F)[C@](C)(N3CCN(C(=O)[C@H](C)NC(=O)c4cccnc4F)CC3)C(F)=C2)C(=O)O1. The van der Waals surface area contributed by atoms with E-state index in [4.69, 9.17) is 4.74 Å². The van der Waals surface area contributed by atoms with Gasteiger partial charge in [-0.05, 0) is 38.1 Å². The number of alkyl halides is 1. The van der Waals surface area contributed by atoms with Crippen LogP contribution in [-0.2, 0) is 14.3 Å². The zero-order valence-corrected chi connectivity index (χ0v) is 22.7. The average Bonchev–Trinajstić information content (AvgIpc) is 3.34. The van der Waals surface area contributed by atoms with Gasteiger partial charge in [0.1, 0.15) is 29.7 Å². The van der Waals surface area contributed by atoms with E-state index in [-0.39, 0.29) is 50.5 Å². The van der Waals surface area contributed by atoms with Gasteiger partial charge in [-0.15, -0.1) is 0 Å². The molecule has 2 saturated heterocycles. The van der Waals surface area contributed by atoms with Crippen molar-refractivity contribution in [3.63, 3.8) is 0 Å². The number of rotatable bonds is 7. The van der Waals surface area contributed by atoms with Gasteiger partial charge in [0.25, 0.3) is 5.91 Å². The Labute approximate surface area is 234 Å². The molecule has 0 saturated carbocycles. The zero-order valence-electron chi connectivity index (χ0n) is 22.7. The Bertz CT molecular complexity index is 1270. The molecular weight excluding hydrogens is 549 g/mol. The summed E-state index contributed by atoms with van der Waals surface area (Å²) in [5, 5.41) is 4.86. The second kappa shape index (κ2) is 12.2. The van der Waals surface area contributed by atoms with E-state index >= 15 is 8.78 Å². The van der Waals surface area contributed by atoms with Crippen LogP contribution in [0.5, 0.6) is 0 Å². The summed E-state index contributed by atoms with van der Waals surface area (Å²) in [6.07, 6.45) is -0.639. The number of allylic oxidation sites excluding steroid dienone is 1. The molecule has 3 heterocycles. The number of methoxy groups -OCH3 is 1. The number of cyclic esters (lactones) is 1. The van der Waals surface area contributed by atoms with Crippen molar-refractivity contribution in [1.29, 1.82) is 0 Å². The summed E-state index contributed by atoms with van der Waals surface area (Å²) in [7, 11) is 1.19. The minimum absolute atomic E-state index is 0.00137. The third-order valence-corrected chi connectivity index (χ3v) is 7.43. The van der Waals surface area contributed by atoms with Gasteiger partial charge in [0.05, 0.1) is 25.8 Å². The Kier molecular flexibility index (Phi) is 8.85. The summed E-state index contributed by atoms with van der Waals surface area (Å²) in [6, 6.07) is 1.68. The Morgan fingerprint density at radius 3 is 2.59 bits per heavy atom. The molecule has 2 fully saturated rings. The first-order chi connectivity index (χ1) is 19.4. The second-order valence-corrected chi connectivity index (χ2v) is 9.97. The predicted molar refractivity (Wildman–Crippen MR) is 137 cm³/mol. The number of hydrogen-bond donors (Lipinski definition) is 2. The van der Waals surface area contributed by atoms with E-state index < -0.39 is 59.6 Å². The molecule has 2 N–H and O–H groups in total. The van der Waals surface area contributed by atoms with Gasteiger partial charge in [-0.3, -0.25) is 19.4 Å². The molecule has 2 aliphatic heterocycles. The van der Waals surface area contributed by atoms with Crippen LogP contribution in [0.1, 0.15) is 24.2 Å². The number of pyridine rings is 1. The van der Waals surface area contributed by atoms with Crippen molar-refractivity contribution < 1.29 is 41.8 Å². The van der Waals surface area contributed by atoms with Gasteiger partial charge in [0.2, 0.25) is 11.9 Å². The minimum atomic E-state index is -1.84. The number of alkyl carbamates (subject to hydrolysis) is 1. The molecule has 15 heteroatoms. The average molecular weight is 581 g/mol. The molecule has 0 radical (unpaired) electrons. The fraction of sp³-hybridized carbons (Fsp3) is 0.500. The smallest absolute Gasteiger partial charge is 0.414 e. The summed E-state index contributed by atoms with van der Waals surface area (Å²) < 4.78 is 54.6. The lowest BCUT2D eigenvalue weighted by Crippen LogP contribution is -2.62. The number of carbonyl (C=O) groups is 4. The quantitative estimate of drug-likeness (QED) is 0.464. The fourth-order valence-electron chi connectivity index (χ4n) is 4.93. The number of ether oxygens (including phenoxy) is 2. The summed E-state index contributed by atoms with van der Waals surface area (Å²) in [5.74, 6) is -2.96. The lowest BCUT2D eigenvalue weighted by atomic mass is 9.86. The molecule has 12 nitrogen and oxygen atoms in total. The molecule has 1 aromatic rings. The van der Waals surface area contributed by atoms with Gasteiger partial charge < -0.3 is 25.0 Å². The van der Waals surface area contributed by atoms with Crippen LogP contribution in [0.4, 0.5) is 22.8 Å². The molecule has 4 atom stereocenters. The highest BCUT2D eigenvalue weighted by Gasteiger charge is 2.48. The first-order valence-corrected chi connectivity index (χ1v) is 12.9. The highest BCUT2D eigenvalue weighted by Crippen LogP contribution is 2.39. The minimum Gasteiger partial charge on any atom is -0.453 e. The van der Waals surface area contributed by atoms with Gasteiger partial charge in [-0.25, -0.2) is 23.4 Å². The van der Waals surface area contributed by atoms with Gasteiger partial charge >= 0.3 is 12.2 Å². The lowest BCUT2D eigenvalue weighted by Gasteiger charge is -2.47. The van der Waals surface area contributed by atoms with Crippen molar-refractivity contribution in [2.75, 3.05) is 46.4 Å². The van der Waals surface area contributed by atoms with Crippen LogP contribution in [0.25, 0.3) is 0 Å². The number of piperazine rings is 1. The summed E-state index contributed by atoms with van der Waals surface area (Å²) >= 11 is 0. The number of aromatic nitrogens is 1. The standard InChI is InChI=1S/C26H31F3N6O6/c1-15(32-22(36)18-5-4-6-30-21(18)29)23(37)33-7-9-34(10-8-33)26(2)19(27)11-16(12-20(26)28)35-14-17(41-25(35)39)13-31-24(38)40-3/h4-6,11-12,15,17,19H,7-10,13-14H2,1-3H3,(H,31,38)(H,32,36)/t15-,17-,19?,26-/m0/s1. The second-order valence-electron chi connectivity index (χ2n) is 9.97. The summed E-state index contributed by atoms with van der Waals surface area (Å²) in [4.78, 5) is 56.5. The fourth-order valence-corrected chi connectivity index (χ4v) is 4.93. The van der Waals surface area contributed by atoms with Crippen molar-refractivity contribution in [1.82, 2.24) is 30.3 Å². The van der Waals surface area contributed by atoms with E-state index in [1.807, 2.05) is 0 Å². The number of halogens is 3. The van der Waals surface area contributed by atoms with Crippen molar-refractivity contribution in [2.45, 2.75) is 37.7 Å². The summed E-state index contributed by atoms with van der Waals surface area (Å²) in [6.45, 7) is 3.37. The lowest BCUT2D eigenvalue weighted by molar-refractivity contribution is -0.135. The van der Waals surface area contributed by atoms with E-state index in [2.05, 4.69) is 20.4 Å². The first kappa shape index (κ1) is 29.8. The van der Waals surface area contributed by atoms with Crippen LogP contribution in [-0.4, -0.2) is 114 Å². The number of nitrogens with zero attached hydrogens (tertiary/aromatic N) is 4. The van der Waals surface area contributed by atoms with E-state index in [1.54, 1.807) is 4.90 Å². The third-order valence-electron chi connectivity index (χ3n) is 7.43. The topological polar surface area (TPSA) is 133 Å². The largest absolute Gasteiger partial charge is 0.453 e. The van der Waals surface area contributed by atoms with Gasteiger partial charge in [-0.2, -0.15) is 4.39 Å². The van der Waals surface area contributed by atoms with Crippen LogP contribution in [0.15, 0.2) is 42.0 Å². The van der Waals surface area contributed by atoms with Crippen molar-refractivity contribution in [3.05, 3.63) is 53.5 Å². The van der Waals surface area contributed by atoms with Gasteiger partial charge in [-0.1, -0.05) is 0 Å². The van der Waals surface area contributed by atoms with Crippen LogP contribution < -0.4 is 10.6 Å². The molecule has 0 bridgehead atoms. The third kappa shape index (κ3) is 6.14. The summed E-state index contributed by atoms with van der Waals surface area (Å²) in [5.41, 5.74) is -1.96. The Morgan fingerprint density at radius 2 is 1.95 bits per heavy atom. The zero-order chi connectivity index (χ0) is 29.9. The van der Waals surface area contributed by atoms with Gasteiger partial charge in [0.15, 0.2) is 0 Å². The molecule has 222 valence electrons. The molecule has 0 aromatic carbocycles. The molecule has 1 aliphatic carbocycles. The molecule has 0 spiro atoms. The molecular formula is C26H31F3N6O6. The Balaban J connectivity index is 1.34. The number of amides is 4. The van der Waals surface area contributed by atoms with Crippen LogP contribution in [0, 0.1) is 5.95 Å². The molecule has 4 rings (SSSR count). The predicted octanol–water partition coefficient (Wildman–Crippen LogP) is 1.51. The maximum absolute atomic E-state index is 15.6. The molecule has 1 aromatic heterocycles. The van der Waals surface area contributed by atoms with Gasteiger partial charge in [0, 0.05) is 38.1 Å². The highest BCUT2D eigenvalue weighted by atomic mass is 19.1. The highest BCUT2D eigenvalue weighted by molar-refractivity contribution is 5.97. The maximum atomic E-state index is 15.6. The van der Waals surface area contributed by atoms with Crippen molar-refractivity contribution in [3.8, 4) is 0 Å². The number of nitrogens with one attached hydrogen (secondary N) is 2. The van der Waals surface area contributed by atoms with E-state index in [9.17, 15) is 23.6 Å². The van der Waals surface area contributed by atoms with Crippen molar-refractivity contribution in [2.24, 2.45) is 0 Å². The Morgan fingerprint density at radius 1 is 1.24 bits per heavy atom. The van der Waals surface area contributed by atoms with E-state index in [1.165, 1.54) is 44.2 Å². The maximum Gasteiger partial charge on any atom is 0.414 e. The first-order valence-electron chi connectivity index (χ1n) is 12.9. The van der Waals surface area contributed by atoms with E-state index in [0.29, 0.717) is 0 Å². The van der Waals surface area contributed by atoms with Crippen molar-refractivity contribution >= 4 is 24.0 Å². The monoisotopic (exact) mass is 580 g/mol. The van der Waals surface area contributed by atoms with Crippen LogP contribution in [0.2, 0.25) is 0 Å². The van der Waals surface area contributed by atoms with Crippen LogP contribution >= 0.6 is 0 Å². The number of carbonyl (C=O) groups excluding carboxylic acids is 4. The van der Waals surface area contributed by atoms with Crippen LogP contribution in [0.3, 0.4) is 0 Å². The molecule has 41 heavy (non-hydrogen) atoms. The molecule has 3 aliphatic rings.